The monoisotopic (exact) mass is 243 g/mol. The standard InChI is InChI=1S/C12H21NO4/c1-9(2)17-11(14)8-13-7-5-4-6-10(13)12(15)16-3/h9-10H,4-8H2,1-3H3/t10-/m1/s1. The van der Waals surface area contributed by atoms with E-state index in [1.807, 2.05) is 18.7 Å². The lowest BCUT2D eigenvalue weighted by molar-refractivity contribution is -0.154. The number of hydrogen-bond donors (Lipinski definition) is 0. The molecule has 0 aromatic rings. The molecule has 0 amide bonds. The molecule has 0 spiro atoms. The first-order valence-corrected chi connectivity index (χ1v) is 6.06. The Balaban J connectivity index is 2.53. The molecule has 1 rings (SSSR count). The lowest BCUT2D eigenvalue weighted by Gasteiger charge is -2.32. The van der Waals surface area contributed by atoms with E-state index < -0.39 is 0 Å². The summed E-state index contributed by atoms with van der Waals surface area (Å²) in [5.74, 6) is -0.544. The van der Waals surface area contributed by atoms with E-state index in [1.54, 1.807) is 0 Å². The zero-order valence-corrected chi connectivity index (χ0v) is 10.8. The third-order valence-electron chi connectivity index (χ3n) is 2.79. The van der Waals surface area contributed by atoms with E-state index in [9.17, 15) is 9.59 Å². The van der Waals surface area contributed by atoms with Crippen LogP contribution in [0.25, 0.3) is 0 Å². The fraction of sp³-hybridized carbons (Fsp3) is 0.833. The molecule has 0 saturated carbocycles. The minimum atomic E-state index is -0.298. The van der Waals surface area contributed by atoms with Crippen LogP contribution in [0.3, 0.4) is 0 Å². The number of methoxy groups -OCH3 is 1. The van der Waals surface area contributed by atoms with Crippen molar-refractivity contribution >= 4 is 11.9 Å². The molecule has 17 heavy (non-hydrogen) atoms. The second-order valence-electron chi connectivity index (χ2n) is 4.54. The first-order valence-electron chi connectivity index (χ1n) is 6.06. The van der Waals surface area contributed by atoms with Gasteiger partial charge in [0.15, 0.2) is 0 Å². The summed E-state index contributed by atoms with van der Waals surface area (Å²) in [6.45, 7) is 4.53. The van der Waals surface area contributed by atoms with Crippen molar-refractivity contribution in [1.82, 2.24) is 4.90 Å². The molecule has 0 aliphatic carbocycles. The number of carbonyl (C=O) groups excluding carboxylic acids is 2. The molecule has 0 N–H and O–H groups in total. The van der Waals surface area contributed by atoms with Crippen LogP contribution in [0.2, 0.25) is 0 Å². The van der Waals surface area contributed by atoms with Gasteiger partial charge < -0.3 is 9.47 Å². The molecule has 1 aliphatic rings. The summed E-state index contributed by atoms with van der Waals surface area (Å²) in [6.07, 6.45) is 2.63. The maximum absolute atomic E-state index is 11.6. The summed E-state index contributed by atoms with van der Waals surface area (Å²) < 4.78 is 9.83. The number of rotatable bonds is 4. The molecule has 0 radical (unpaired) electrons. The van der Waals surface area contributed by atoms with E-state index in [4.69, 9.17) is 9.47 Å². The molecule has 0 aromatic carbocycles. The van der Waals surface area contributed by atoms with Crippen molar-refractivity contribution in [3.63, 3.8) is 0 Å². The van der Waals surface area contributed by atoms with Crippen molar-refractivity contribution in [2.24, 2.45) is 0 Å². The highest BCUT2D eigenvalue weighted by molar-refractivity contribution is 5.77. The van der Waals surface area contributed by atoms with Crippen molar-refractivity contribution in [2.45, 2.75) is 45.3 Å². The first kappa shape index (κ1) is 14.0. The molecule has 1 aliphatic heterocycles. The van der Waals surface area contributed by atoms with Crippen molar-refractivity contribution < 1.29 is 19.1 Å². The van der Waals surface area contributed by atoms with Gasteiger partial charge in [0.25, 0.3) is 0 Å². The molecular weight excluding hydrogens is 222 g/mol. The maximum Gasteiger partial charge on any atom is 0.323 e. The van der Waals surface area contributed by atoms with Gasteiger partial charge in [-0.15, -0.1) is 0 Å². The van der Waals surface area contributed by atoms with E-state index in [-0.39, 0.29) is 30.6 Å². The lowest BCUT2D eigenvalue weighted by atomic mass is 10.0. The molecule has 1 fully saturated rings. The fourth-order valence-corrected chi connectivity index (χ4v) is 2.05. The Morgan fingerprint density at radius 3 is 2.65 bits per heavy atom. The Bertz CT molecular complexity index is 278. The normalized spacial score (nSPS) is 21.3. The smallest absolute Gasteiger partial charge is 0.323 e. The van der Waals surface area contributed by atoms with Crippen molar-refractivity contribution in [3.8, 4) is 0 Å². The zero-order valence-electron chi connectivity index (χ0n) is 10.8. The second kappa shape index (κ2) is 6.59. The molecule has 0 bridgehead atoms. The molecule has 1 atom stereocenters. The van der Waals surface area contributed by atoms with Crippen LogP contribution >= 0.6 is 0 Å². The van der Waals surface area contributed by atoms with Gasteiger partial charge in [-0.2, -0.15) is 0 Å². The zero-order chi connectivity index (χ0) is 12.8. The Kier molecular flexibility index (Phi) is 5.41. The number of esters is 2. The lowest BCUT2D eigenvalue weighted by Crippen LogP contribution is -2.47. The van der Waals surface area contributed by atoms with Gasteiger partial charge in [0.1, 0.15) is 6.04 Å². The third-order valence-corrected chi connectivity index (χ3v) is 2.79. The average molecular weight is 243 g/mol. The Morgan fingerprint density at radius 2 is 2.06 bits per heavy atom. The fourth-order valence-electron chi connectivity index (χ4n) is 2.05. The minimum absolute atomic E-state index is 0.121. The Labute approximate surface area is 102 Å². The molecule has 0 aromatic heterocycles. The van der Waals surface area contributed by atoms with Crippen LogP contribution in [-0.2, 0) is 19.1 Å². The number of carbonyl (C=O) groups is 2. The molecule has 98 valence electrons. The van der Waals surface area contributed by atoms with Gasteiger partial charge >= 0.3 is 11.9 Å². The van der Waals surface area contributed by atoms with Crippen molar-refractivity contribution in [1.29, 1.82) is 0 Å². The number of hydrogen-bond acceptors (Lipinski definition) is 5. The van der Waals surface area contributed by atoms with E-state index in [0.717, 1.165) is 25.8 Å². The van der Waals surface area contributed by atoms with Gasteiger partial charge in [-0.25, -0.2) is 0 Å². The van der Waals surface area contributed by atoms with E-state index in [1.165, 1.54) is 7.11 Å². The number of piperidine rings is 1. The summed E-state index contributed by atoms with van der Waals surface area (Å²) in [6, 6.07) is -0.298. The van der Waals surface area contributed by atoms with Crippen molar-refractivity contribution in [3.05, 3.63) is 0 Å². The van der Waals surface area contributed by atoms with Crippen molar-refractivity contribution in [2.75, 3.05) is 20.2 Å². The van der Waals surface area contributed by atoms with Gasteiger partial charge in [-0.1, -0.05) is 6.42 Å². The predicted octanol–water partition coefficient (Wildman–Crippen LogP) is 0.965. The van der Waals surface area contributed by atoms with Gasteiger partial charge in [0.05, 0.1) is 19.8 Å². The summed E-state index contributed by atoms with van der Waals surface area (Å²) in [5.41, 5.74) is 0. The SMILES string of the molecule is COC(=O)[C@H]1CCCCN1CC(=O)OC(C)C. The van der Waals surface area contributed by atoms with E-state index in [0.29, 0.717) is 0 Å². The number of likely N-dealkylation sites (tertiary alicyclic amines) is 1. The van der Waals surface area contributed by atoms with Gasteiger partial charge in [-0.05, 0) is 33.2 Å². The average Bonchev–Trinajstić information content (AvgIpc) is 2.27. The van der Waals surface area contributed by atoms with Crippen LogP contribution in [0.15, 0.2) is 0 Å². The molecule has 0 unspecified atom stereocenters. The molecule has 5 heteroatoms. The third kappa shape index (κ3) is 4.34. The van der Waals surface area contributed by atoms with E-state index >= 15 is 0 Å². The number of nitrogens with zero attached hydrogens (tertiary/aromatic N) is 1. The molecule has 5 nitrogen and oxygen atoms in total. The summed E-state index contributed by atoms with van der Waals surface area (Å²) in [7, 11) is 1.38. The van der Waals surface area contributed by atoms with Crippen LogP contribution in [0, 0.1) is 0 Å². The van der Waals surface area contributed by atoms with Crippen LogP contribution in [0.1, 0.15) is 33.1 Å². The molecule has 1 heterocycles. The summed E-state index contributed by atoms with van der Waals surface area (Å²) >= 11 is 0. The topological polar surface area (TPSA) is 55.8 Å². The highest BCUT2D eigenvalue weighted by Crippen LogP contribution is 2.17. The van der Waals surface area contributed by atoms with Crippen LogP contribution in [0.5, 0.6) is 0 Å². The van der Waals surface area contributed by atoms with E-state index in [2.05, 4.69) is 0 Å². The molecular formula is C12H21NO4. The summed E-state index contributed by atoms with van der Waals surface area (Å²) in [4.78, 5) is 25.0. The van der Waals surface area contributed by atoms with Crippen LogP contribution in [0.4, 0.5) is 0 Å². The van der Waals surface area contributed by atoms with Crippen LogP contribution in [-0.4, -0.2) is 49.2 Å². The second-order valence-corrected chi connectivity index (χ2v) is 4.54. The highest BCUT2D eigenvalue weighted by Gasteiger charge is 2.31. The first-order chi connectivity index (χ1) is 8.04. The number of ether oxygens (including phenoxy) is 2. The quantitative estimate of drug-likeness (QED) is 0.688. The Morgan fingerprint density at radius 1 is 1.35 bits per heavy atom. The van der Waals surface area contributed by atoms with Gasteiger partial charge in [-0.3, -0.25) is 14.5 Å². The largest absolute Gasteiger partial charge is 0.468 e. The maximum atomic E-state index is 11.6. The molecule has 1 saturated heterocycles. The predicted molar refractivity (Wildman–Crippen MR) is 62.5 cm³/mol. The van der Waals surface area contributed by atoms with Gasteiger partial charge in [0, 0.05) is 0 Å². The summed E-state index contributed by atoms with van der Waals surface area (Å²) in [5, 5.41) is 0. The highest BCUT2D eigenvalue weighted by atomic mass is 16.5. The Hall–Kier alpha value is -1.10. The minimum Gasteiger partial charge on any atom is -0.468 e. The van der Waals surface area contributed by atoms with Crippen LogP contribution < -0.4 is 0 Å². The van der Waals surface area contributed by atoms with Gasteiger partial charge in [0.2, 0.25) is 0 Å².